The van der Waals surface area contributed by atoms with Crippen LogP contribution in [0.15, 0.2) is 30.3 Å². The Labute approximate surface area is 126 Å². The predicted octanol–water partition coefficient (Wildman–Crippen LogP) is 4.39. The van der Waals surface area contributed by atoms with Gasteiger partial charge in [-0.3, -0.25) is 9.59 Å². The first kappa shape index (κ1) is 13.5. The fourth-order valence-corrected chi connectivity index (χ4v) is 3.79. The number of thiophene rings is 1. The molecule has 1 aromatic heterocycles. The van der Waals surface area contributed by atoms with E-state index in [9.17, 15) is 9.59 Å². The Bertz CT molecular complexity index is 669. The van der Waals surface area contributed by atoms with Crippen LogP contribution in [0.3, 0.4) is 0 Å². The molecule has 1 saturated carbocycles. The lowest BCUT2D eigenvalue weighted by Crippen LogP contribution is -2.11. The molecule has 20 heavy (non-hydrogen) atoms. The van der Waals surface area contributed by atoms with Gasteiger partial charge in [-0.25, -0.2) is 0 Å². The molecule has 0 N–H and O–H groups in total. The first-order chi connectivity index (χ1) is 9.56. The van der Waals surface area contributed by atoms with E-state index in [1.165, 1.54) is 0 Å². The van der Waals surface area contributed by atoms with Crippen molar-refractivity contribution in [3.05, 3.63) is 45.8 Å². The van der Waals surface area contributed by atoms with Gasteiger partial charge < -0.3 is 0 Å². The van der Waals surface area contributed by atoms with E-state index in [1.54, 1.807) is 11.3 Å². The highest BCUT2D eigenvalue weighted by atomic mass is 35.5. The van der Waals surface area contributed by atoms with Gasteiger partial charge >= 0.3 is 0 Å². The molecule has 2 nitrogen and oxygen atoms in total. The van der Waals surface area contributed by atoms with E-state index < -0.39 is 5.92 Å². The quantitative estimate of drug-likeness (QED) is 0.771. The van der Waals surface area contributed by atoms with Crippen molar-refractivity contribution in [1.29, 1.82) is 0 Å². The van der Waals surface area contributed by atoms with Crippen molar-refractivity contribution in [3.63, 3.8) is 0 Å². The monoisotopic (exact) mass is 304 g/mol. The van der Waals surface area contributed by atoms with Crippen LogP contribution in [-0.2, 0) is 9.59 Å². The first-order valence-corrected chi connectivity index (χ1v) is 7.67. The number of Topliss-reactive ketones (excluding diaryl/α,β-unsaturated/α-hetero) is 2. The Morgan fingerprint density at radius 2 is 1.70 bits per heavy atom. The van der Waals surface area contributed by atoms with Gasteiger partial charge in [0.2, 0.25) is 0 Å². The van der Waals surface area contributed by atoms with Gasteiger partial charge in [0, 0.05) is 27.6 Å². The molecule has 0 aliphatic heterocycles. The van der Waals surface area contributed by atoms with Crippen LogP contribution in [0.4, 0.5) is 0 Å². The van der Waals surface area contributed by atoms with Gasteiger partial charge in [0.1, 0.15) is 17.5 Å². The molecular formula is C16H13ClO2S. The number of benzene rings is 1. The Hall–Kier alpha value is -1.45. The number of carbonyl (C=O) groups excluding carboxylic acids is 2. The molecule has 4 heteroatoms. The summed E-state index contributed by atoms with van der Waals surface area (Å²) in [4.78, 5) is 25.9. The molecular weight excluding hydrogens is 292 g/mol. The molecule has 2 aromatic rings. The SMILES string of the molecule is Cc1sc(-c2ccc(Cl)cc2)cc1C1C(=O)CCC1=O. The van der Waals surface area contributed by atoms with Crippen molar-refractivity contribution in [2.75, 3.05) is 0 Å². The Balaban J connectivity index is 2.01. The van der Waals surface area contributed by atoms with Crippen molar-refractivity contribution in [1.82, 2.24) is 0 Å². The molecule has 1 fully saturated rings. The van der Waals surface area contributed by atoms with Gasteiger partial charge in [-0.1, -0.05) is 23.7 Å². The highest BCUT2D eigenvalue weighted by molar-refractivity contribution is 7.15. The van der Waals surface area contributed by atoms with Crippen LogP contribution in [0.1, 0.15) is 29.2 Å². The number of ketones is 2. The Kier molecular flexibility index (Phi) is 3.48. The molecule has 1 aliphatic rings. The highest BCUT2D eigenvalue weighted by Crippen LogP contribution is 2.38. The van der Waals surface area contributed by atoms with E-state index >= 15 is 0 Å². The zero-order valence-electron chi connectivity index (χ0n) is 11.0. The summed E-state index contributed by atoms with van der Waals surface area (Å²) in [6, 6.07) is 9.58. The van der Waals surface area contributed by atoms with Crippen molar-refractivity contribution in [3.8, 4) is 10.4 Å². The average molecular weight is 305 g/mol. The lowest BCUT2D eigenvalue weighted by Gasteiger charge is -2.05. The third kappa shape index (κ3) is 2.32. The van der Waals surface area contributed by atoms with Crippen molar-refractivity contribution in [2.45, 2.75) is 25.7 Å². The van der Waals surface area contributed by atoms with E-state index in [0.717, 1.165) is 20.9 Å². The summed E-state index contributed by atoms with van der Waals surface area (Å²) < 4.78 is 0. The summed E-state index contributed by atoms with van der Waals surface area (Å²) in [6.45, 7) is 1.97. The van der Waals surface area contributed by atoms with Crippen LogP contribution in [0.5, 0.6) is 0 Å². The molecule has 0 spiro atoms. The second kappa shape index (κ2) is 5.15. The van der Waals surface area contributed by atoms with E-state index in [0.29, 0.717) is 17.9 Å². The Morgan fingerprint density at radius 3 is 2.30 bits per heavy atom. The van der Waals surface area contributed by atoms with Crippen LogP contribution in [0, 0.1) is 6.92 Å². The van der Waals surface area contributed by atoms with E-state index in [1.807, 2.05) is 37.3 Å². The molecule has 0 bridgehead atoms. The maximum atomic E-state index is 11.9. The third-order valence-corrected chi connectivity index (χ3v) is 5.02. The second-order valence-corrected chi connectivity index (χ2v) is 6.69. The summed E-state index contributed by atoms with van der Waals surface area (Å²) in [5.74, 6) is -0.426. The van der Waals surface area contributed by atoms with Crippen LogP contribution in [-0.4, -0.2) is 11.6 Å². The van der Waals surface area contributed by atoms with Crippen molar-refractivity contribution in [2.24, 2.45) is 0 Å². The lowest BCUT2D eigenvalue weighted by molar-refractivity contribution is -0.123. The third-order valence-electron chi connectivity index (χ3n) is 3.66. The minimum atomic E-state index is -0.535. The largest absolute Gasteiger partial charge is 0.299 e. The number of halogens is 1. The van der Waals surface area contributed by atoms with E-state index in [-0.39, 0.29) is 11.6 Å². The molecule has 0 amide bonds. The van der Waals surface area contributed by atoms with E-state index in [2.05, 4.69) is 0 Å². The van der Waals surface area contributed by atoms with Gasteiger partial charge in [-0.05, 0) is 36.2 Å². The van der Waals surface area contributed by atoms with Gasteiger partial charge in [0.05, 0.1) is 0 Å². The molecule has 1 aliphatic carbocycles. The molecule has 102 valence electrons. The fraction of sp³-hybridized carbons (Fsp3) is 0.250. The minimum absolute atomic E-state index is 0.0542. The summed E-state index contributed by atoms with van der Waals surface area (Å²) in [5.41, 5.74) is 1.94. The average Bonchev–Trinajstić information content (AvgIpc) is 2.94. The van der Waals surface area contributed by atoms with Crippen LogP contribution in [0.2, 0.25) is 5.02 Å². The maximum absolute atomic E-state index is 11.9. The van der Waals surface area contributed by atoms with Gasteiger partial charge in [-0.15, -0.1) is 11.3 Å². The normalized spacial score (nSPS) is 16.1. The molecule has 1 heterocycles. The number of aryl methyl sites for hydroxylation is 1. The maximum Gasteiger partial charge on any atom is 0.148 e. The topological polar surface area (TPSA) is 34.1 Å². The van der Waals surface area contributed by atoms with E-state index in [4.69, 9.17) is 11.6 Å². The number of hydrogen-bond donors (Lipinski definition) is 0. The van der Waals surface area contributed by atoms with Gasteiger partial charge in [-0.2, -0.15) is 0 Å². The second-order valence-electron chi connectivity index (χ2n) is 4.99. The number of hydrogen-bond acceptors (Lipinski definition) is 3. The molecule has 0 saturated heterocycles. The Morgan fingerprint density at radius 1 is 1.10 bits per heavy atom. The van der Waals surface area contributed by atoms with Crippen molar-refractivity contribution >= 4 is 34.5 Å². The molecule has 0 radical (unpaired) electrons. The molecule has 1 aromatic carbocycles. The van der Waals surface area contributed by atoms with Crippen LogP contribution < -0.4 is 0 Å². The lowest BCUT2D eigenvalue weighted by atomic mass is 9.96. The standard InChI is InChI=1S/C16H13ClO2S/c1-9-12(16-13(18)6-7-14(16)19)8-15(20-9)10-2-4-11(17)5-3-10/h2-5,8,16H,6-7H2,1H3. The summed E-state index contributed by atoms with van der Waals surface area (Å²) >= 11 is 7.51. The number of rotatable bonds is 2. The summed E-state index contributed by atoms with van der Waals surface area (Å²) in [7, 11) is 0. The summed E-state index contributed by atoms with van der Waals surface area (Å²) in [6.07, 6.45) is 0.768. The minimum Gasteiger partial charge on any atom is -0.299 e. The molecule has 3 rings (SSSR count). The van der Waals surface area contributed by atoms with Crippen LogP contribution >= 0.6 is 22.9 Å². The molecule has 0 atom stereocenters. The summed E-state index contributed by atoms with van der Waals surface area (Å²) in [5, 5.41) is 0.698. The van der Waals surface area contributed by atoms with Crippen LogP contribution in [0.25, 0.3) is 10.4 Å². The van der Waals surface area contributed by atoms with Crippen molar-refractivity contribution < 1.29 is 9.59 Å². The zero-order valence-corrected chi connectivity index (χ0v) is 12.6. The number of carbonyl (C=O) groups is 2. The smallest absolute Gasteiger partial charge is 0.148 e. The highest BCUT2D eigenvalue weighted by Gasteiger charge is 2.35. The van der Waals surface area contributed by atoms with Gasteiger partial charge in [0.25, 0.3) is 0 Å². The fourth-order valence-electron chi connectivity index (χ4n) is 2.60. The predicted molar refractivity (Wildman–Crippen MR) is 81.5 cm³/mol. The molecule has 0 unspecified atom stereocenters. The van der Waals surface area contributed by atoms with Gasteiger partial charge in [0.15, 0.2) is 0 Å². The first-order valence-electron chi connectivity index (χ1n) is 6.48. The zero-order chi connectivity index (χ0) is 14.3.